The minimum atomic E-state index is -4.73. The van der Waals surface area contributed by atoms with Crippen LogP contribution in [0.2, 0.25) is 0 Å². The van der Waals surface area contributed by atoms with Gasteiger partial charge < -0.3 is 20.7 Å². The molecule has 0 bridgehead atoms. The minimum absolute atomic E-state index is 0.0677. The predicted molar refractivity (Wildman–Crippen MR) is 137 cm³/mol. The molecule has 0 saturated heterocycles. The van der Waals surface area contributed by atoms with Crippen LogP contribution in [0.1, 0.15) is 56.9 Å². The van der Waals surface area contributed by atoms with Gasteiger partial charge in [0.1, 0.15) is 5.75 Å². The van der Waals surface area contributed by atoms with E-state index in [2.05, 4.69) is 20.7 Å². The van der Waals surface area contributed by atoms with Crippen LogP contribution < -0.4 is 20.7 Å². The topological polar surface area (TPSA) is 79.5 Å². The van der Waals surface area contributed by atoms with Crippen molar-refractivity contribution in [2.24, 2.45) is 11.8 Å². The lowest BCUT2D eigenvalue weighted by atomic mass is 9.79. The number of amides is 2. The zero-order valence-electron chi connectivity index (χ0n) is 21.2. The molecule has 1 aliphatic rings. The SMILES string of the molecule is CC[C@@H](C(=O)NCC(C(=O)NCCNc1ccc(OC(F)(F)F)cc1)C1CCCCC1)c1ccccc1. The molecule has 1 fully saturated rings. The molecule has 6 nitrogen and oxygen atoms in total. The number of halogens is 3. The molecule has 2 aromatic rings. The van der Waals surface area contributed by atoms with E-state index in [0.29, 0.717) is 31.7 Å². The lowest BCUT2D eigenvalue weighted by molar-refractivity contribution is -0.274. The van der Waals surface area contributed by atoms with Crippen molar-refractivity contribution < 1.29 is 27.5 Å². The molecule has 1 unspecified atom stereocenters. The monoisotopic (exact) mass is 519 g/mol. The van der Waals surface area contributed by atoms with Gasteiger partial charge in [0.25, 0.3) is 0 Å². The van der Waals surface area contributed by atoms with Gasteiger partial charge >= 0.3 is 6.36 Å². The molecular formula is C28H36F3N3O3. The molecular weight excluding hydrogens is 483 g/mol. The molecule has 202 valence electrons. The molecule has 3 rings (SSSR count). The molecule has 0 radical (unpaired) electrons. The van der Waals surface area contributed by atoms with E-state index < -0.39 is 6.36 Å². The summed E-state index contributed by atoms with van der Waals surface area (Å²) < 4.78 is 40.8. The Bertz CT molecular complexity index is 978. The maximum atomic E-state index is 13.1. The second-order valence-corrected chi connectivity index (χ2v) is 9.41. The van der Waals surface area contributed by atoms with E-state index in [1.807, 2.05) is 37.3 Å². The van der Waals surface area contributed by atoms with Crippen LogP contribution in [0.3, 0.4) is 0 Å². The van der Waals surface area contributed by atoms with Crippen molar-refractivity contribution >= 4 is 17.5 Å². The first-order chi connectivity index (χ1) is 17.8. The number of rotatable bonds is 12. The quantitative estimate of drug-likeness (QED) is 0.318. The van der Waals surface area contributed by atoms with Crippen LogP contribution in [0.25, 0.3) is 0 Å². The Labute approximate surface area is 216 Å². The molecule has 9 heteroatoms. The number of hydrogen-bond acceptors (Lipinski definition) is 4. The minimum Gasteiger partial charge on any atom is -0.406 e. The highest BCUT2D eigenvalue weighted by Gasteiger charge is 2.31. The fraction of sp³-hybridized carbons (Fsp3) is 0.500. The van der Waals surface area contributed by atoms with Gasteiger partial charge in [-0.1, -0.05) is 56.5 Å². The van der Waals surface area contributed by atoms with Gasteiger partial charge in [-0.3, -0.25) is 9.59 Å². The average Bonchev–Trinajstić information content (AvgIpc) is 2.88. The van der Waals surface area contributed by atoms with Crippen LogP contribution in [0.4, 0.5) is 18.9 Å². The summed E-state index contributed by atoms with van der Waals surface area (Å²) in [5.74, 6) is -0.788. The second kappa shape index (κ2) is 13.9. The van der Waals surface area contributed by atoms with Crippen LogP contribution in [0.15, 0.2) is 54.6 Å². The molecule has 2 amide bonds. The summed E-state index contributed by atoms with van der Waals surface area (Å²) in [5.41, 5.74) is 1.58. The lowest BCUT2D eigenvalue weighted by Crippen LogP contribution is -2.45. The standard InChI is InChI=1S/C28H36F3N3O3/c1-2-24(20-9-5-3-6-10-20)26(35)34-19-25(21-11-7-4-8-12-21)27(36)33-18-17-32-22-13-15-23(16-14-22)37-28(29,30)31/h3,5-6,9-10,13-16,21,24-25,32H,2,4,7-8,11-12,17-19H2,1H3,(H,33,36)(H,34,35)/t24-,25?/m1/s1. The number of carbonyl (C=O) groups is 2. The van der Waals surface area contributed by atoms with Crippen molar-refractivity contribution in [3.05, 3.63) is 60.2 Å². The molecule has 1 saturated carbocycles. The van der Waals surface area contributed by atoms with Gasteiger partial charge in [0.15, 0.2) is 0 Å². The summed E-state index contributed by atoms with van der Waals surface area (Å²) in [5, 5.41) is 9.08. The second-order valence-electron chi connectivity index (χ2n) is 9.41. The van der Waals surface area contributed by atoms with Crippen LogP contribution in [-0.4, -0.2) is 37.8 Å². The highest BCUT2D eigenvalue weighted by Crippen LogP contribution is 2.30. The Balaban J connectivity index is 1.51. The third-order valence-electron chi connectivity index (χ3n) is 6.82. The first-order valence-electron chi connectivity index (χ1n) is 13.0. The van der Waals surface area contributed by atoms with Crippen LogP contribution in [0, 0.1) is 11.8 Å². The number of carbonyl (C=O) groups excluding carboxylic acids is 2. The number of alkyl halides is 3. The van der Waals surface area contributed by atoms with E-state index in [0.717, 1.165) is 31.2 Å². The van der Waals surface area contributed by atoms with Crippen molar-refractivity contribution in [3.8, 4) is 5.75 Å². The Morgan fingerprint density at radius 1 is 0.919 bits per heavy atom. The Morgan fingerprint density at radius 3 is 2.22 bits per heavy atom. The van der Waals surface area contributed by atoms with Gasteiger partial charge in [-0.15, -0.1) is 13.2 Å². The van der Waals surface area contributed by atoms with Crippen molar-refractivity contribution in [2.45, 2.75) is 57.7 Å². The Kier molecular flexibility index (Phi) is 10.7. The first kappa shape index (κ1) is 28.3. The van der Waals surface area contributed by atoms with E-state index >= 15 is 0 Å². The fourth-order valence-electron chi connectivity index (χ4n) is 4.90. The number of nitrogens with one attached hydrogen (secondary N) is 3. The van der Waals surface area contributed by atoms with E-state index in [4.69, 9.17) is 0 Å². The number of anilines is 1. The van der Waals surface area contributed by atoms with Crippen LogP contribution >= 0.6 is 0 Å². The van der Waals surface area contributed by atoms with Crippen molar-refractivity contribution in [1.82, 2.24) is 10.6 Å². The lowest BCUT2D eigenvalue weighted by Gasteiger charge is -2.30. The molecule has 37 heavy (non-hydrogen) atoms. The number of hydrogen-bond donors (Lipinski definition) is 3. The molecule has 2 atom stereocenters. The zero-order valence-corrected chi connectivity index (χ0v) is 21.2. The number of benzene rings is 2. The number of ether oxygens (including phenoxy) is 1. The van der Waals surface area contributed by atoms with E-state index in [1.165, 1.54) is 30.7 Å². The van der Waals surface area contributed by atoms with Gasteiger partial charge in [0.2, 0.25) is 11.8 Å². The highest BCUT2D eigenvalue weighted by molar-refractivity contribution is 5.85. The summed E-state index contributed by atoms with van der Waals surface area (Å²) in [4.78, 5) is 26.1. The molecule has 1 aliphatic carbocycles. The molecule has 0 spiro atoms. The van der Waals surface area contributed by atoms with E-state index in [-0.39, 0.29) is 35.3 Å². The Hall–Kier alpha value is -3.23. The third kappa shape index (κ3) is 9.30. The zero-order chi connectivity index (χ0) is 26.7. The van der Waals surface area contributed by atoms with Crippen LogP contribution in [0.5, 0.6) is 5.75 Å². The third-order valence-corrected chi connectivity index (χ3v) is 6.82. The van der Waals surface area contributed by atoms with E-state index in [9.17, 15) is 22.8 Å². The van der Waals surface area contributed by atoms with Gasteiger partial charge in [-0.25, -0.2) is 0 Å². The maximum absolute atomic E-state index is 13.1. The molecule has 0 aliphatic heterocycles. The molecule has 0 aromatic heterocycles. The van der Waals surface area contributed by atoms with Crippen LogP contribution in [-0.2, 0) is 9.59 Å². The fourth-order valence-corrected chi connectivity index (χ4v) is 4.90. The van der Waals surface area contributed by atoms with E-state index in [1.54, 1.807) is 0 Å². The van der Waals surface area contributed by atoms with Gasteiger partial charge in [0, 0.05) is 25.3 Å². The first-order valence-corrected chi connectivity index (χ1v) is 13.0. The summed E-state index contributed by atoms with van der Waals surface area (Å²) in [6, 6.07) is 15.1. The van der Waals surface area contributed by atoms with Gasteiger partial charge in [0.05, 0.1) is 11.8 Å². The highest BCUT2D eigenvalue weighted by atomic mass is 19.4. The molecule has 3 N–H and O–H groups in total. The summed E-state index contributed by atoms with van der Waals surface area (Å²) in [6.07, 6.45) is 1.21. The van der Waals surface area contributed by atoms with Gasteiger partial charge in [-0.2, -0.15) is 0 Å². The van der Waals surface area contributed by atoms with Crippen molar-refractivity contribution in [3.63, 3.8) is 0 Å². The van der Waals surface area contributed by atoms with Crippen molar-refractivity contribution in [2.75, 3.05) is 25.0 Å². The molecule has 0 heterocycles. The smallest absolute Gasteiger partial charge is 0.406 e. The summed E-state index contributed by atoms with van der Waals surface area (Å²) >= 11 is 0. The normalized spacial score (nSPS) is 15.9. The average molecular weight is 520 g/mol. The maximum Gasteiger partial charge on any atom is 0.573 e. The Morgan fingerprint density at radius 2 is 1.59 bits per heavy atom. The van der Waals surface area contributed by atoms with Crippen molar-refractivity contribution in [1.29, 1.82) is 0 Å². The largest absolute Gasteiger partial charge is 0.573 e. The van der Waals surface area contributed by atoms with Gasteiger partial charge in [-0.05, 0) is 55.0 Å². The molecule has 2 aromatic carbocycles. The summed E-state index contributed by atoms with van der Waals surface area (Å²) in [7, 11) is 0. The predicted octanol–water partition coefficient (Wildman–Crippen LogP) is 5.62. The summed E-state index contributed by atoms with van der Waals surface area (Å²) in [6.45, 7) is 3.03.